The average molecular weight is 417 g/mol. The molecule has 158 valence electrons. The molecule has 0 amide bonds. The maximum Gasteiger partial charge on any atom is 0.227 e. The van der Waals surface area contributed by atoms with Crippen molar-refractivity contribution >= 4 is 23.1 Å². The van der Waals surface area contributed by atoms with Gasteiger partial charge in [0.25, 0.3) is 0 Å². The van der Waals surface area contributed by atoms with Gasteiger partial charge in [0.05, 0.1) is 5.69 Å². The van der Waals surface area contributed by atoms with Gasteiger partial charge in [-0.25, -0.2) is 14.4 Å². The molecule has 0 unspecified atom stereocenters. The van der Waals surface area contributed by atoms with Crippen molar-refractivity contribution in [1.82, 2.24) is 9.97 Å². The molecule has 0 bridgehead atoms. The Hall–Kier alpha value is -3.54. The van der Waals surface area contributed by atoms with Gasteiger partial charge in [0.15, 0.2) is 5.78 Å². The monoisotopic (exact) mass is 416 g/mol. The number of aromatic nitrogens is 2. The molecule has 31 heavy (non-hydrogen) atoms. The Balaban J connectivity index is 1.56. The van der Waals surface area contributed by atoms with Crippen molar-refractivity contribution in [2.75, 3.05) is 23.3 Å². The standard InChI is InChI=1S/C25H25FN4O/c1-2-21(31)15-18-9-10-23(26)22(16-18)24-11-12-27-25(29-24)28-19-7-6-8-20(17-19)30-13-4-3-5-14-30/h2,6-12,16-17H,1,3-5,13-15H2,(H,27,28,29). The molecule has 1 aliphatic rings. The van der Waals surface area contributed by atoms with Gasteiger partial charge in [-0.15, -0.1) is 0 Å². The first-order valence-corrected chi connectivity index (χ1v) is 10.5. The lowest BCUT2D eigenvalue weighted by molar-refractivity contribution is -0.114. The summed E-state index contributed by atoms with van der Waals surface area (Å²) in [6.45, 7) is 5.62. The van der Waals surface area contributed by atoms with Crippen LogP contribution in [0.5, 0.6) is 0 Å². The van der Waals surface area contributed by atoms with E-state index in [4.69, 9.17) is 0 Å². The smallest absolute Gasteiger partial charge is 0.227 e. The first-order chi connectivity index (χ1) is 15.1. The number of piperidine rings is 1. The molecule has 1 fully saturated rings. The lowest BCUT2D eigenvalue weighted by Crippen LogP contribution is -2.29. The number of ketones is 1. The fraction of sp³-hybridized carbons (Fsp3) is 0.240. The second kappa shape index (κ2) is 9.51. The zero-order valence-corrected chi connectivity index (χ0v) is 17.4. The van der Waals surface area contributed by atoms with E-state index in [9.17, 15) is 9.18 Å². The van der Waals surface area contributed by atoms with Crippen LogP contribution < -0.4 is 10.2 Å². The van der Waals surface area contributed by atoms with E-state index in [0.717, 1.165) is 18.8 Å². The molecular formula is C25H25FN4O. The van der Waals surface area contributed by atoms with E-state index in [1.54, 1.807) is 24.4 Å². The number of carbonyl (C=O) groups is 1. The Morgan fingerprint density at radius 2 is 1.97 bits per heavy atom. The van der Waals surface area contributed by atoms with Crippen LogP contribution in [0.2, 0.25) is 0 Å². The minimum atomic E-state index is -0.397. The molecule has 0 aliphatic carbocycles. The molecule has 3 aromatic rings. The first kappa shape index (κ1) is 20.7. The van der Waals surface area contributed by atoms with Crippen LogP contribution in [0.3, 0.4) is 0 Å². The molecule has 0 saturated carbocycles. The number of anilines is 3. The van der Waals surface area contributed by atoms with Gasteiger partial charge in [0.1, 0.15) is 5.82 Å². The van der Waals surface area contributed by atoms with Crippen LogP contribution in [-0.2, 0) is 11.2 Å². The number of carbonyl (C=O) groups excluding carboxylic acids is 1. The highest BCUT2D eigenvalue weighted by atomic mass is 19.1. The summed E-state index contributed by atoms with van der Waals surface area (Å²) in [6.07, 6.45) is 6.76. The third-order valence-electron chi connectivity index (χ3n) is 5.39. The fourth-order valence-corrected chi connectivity index (χ4v) is 3.78. The number of halogens is 1. The summed E-state index contributed by atoms with van der Waals surface area (Å²) in [7, 11) is 0. The molecule has 2 aromatic carbocycles. The molecule has 0 radical (unpaired) electrons. The Bertz CT molecular complexity index is 1090. The minimum Gasteiger partial charge on any atom is -0.371 e. The van der Waals surface area contributed by atoms with Crippen molar-refractivity contribution in [2.24, 2.45) is 0 Å². The normalized spacial score (nSPS) is 13.6. The van der Waals surface area contributed by atoms with Crippen molar-refractivity contribution in [3.8, 4) is 11.3 Å². The molecule has 1 saturated heterocycles. The van der Waals surface area contributed by atoms with Crippen LogP contribution in [0.15, 0.2) is 67.4 Å². The second-order valence-corrected chi connectivity index (χ2v) is 7.65. The lowest BCUT2D eigenvalue weighted by Gasteiger charge is -2.29. The number of hydrogen-bond acceptors (Lipinski definition) is 5. The van der Waals surface area contributed by atoms with E-state index in [2.05, 4.69) is 38.9 Å². The summed E-state index contributed by atoms with van der Waals surface area (Å²) in [4.78, 5) is 22.8. The molecule has 2 heterocycles. The molecule has 4 rings (SSSR count). The number of allylic oxidation sites excluding steroid dienone is 1. The molecule has 5 nitrogen and oxygen atoms in total. The topological polar surface area (TPSA) is 58.1 Å². The molecule has 1 aromatic heterocycles. The van der Waals surface area contributed by atoms with Gasteiger partial charge in [-0.05, 0) is 67.3 Å². The van der Waals surface area contributed by atoms with E-state index in [-0.39, 0.29) is 12.2 Å². The minimum absolute atomic E-state index is 0.115. The predicted octanol–water partition coefficient (Wildman–Crippen LogP) is 5.31. The summed E-state index contributed by atoms with van der Waals surface area (Å²) in [5, 5.41) is 3.23. The largest absolute Gasteiger partial charge is 0.371 e. The maximum absolute atomic E-state index is 14.5. The highest BCUT2D eigenvalue weighted by Crippen LogP contribution is 2.26. The Kier molecular flexibility index (Phi) is 6.36. The van der Waals surface area contributed by atoms with E-state index < -0.39 is 5.82 Å². The lowest BCUT2D eigenvalue weighted by atomic mass is 10.0. The number of rotatable bonds is 7. The summed E-state index contributed by atoms with van der Waals surface area (Å²) in [6, 6.07) is 14.4. The van der Waals surface area contributed by atoms with E-state index in [1.807, 2.05) is 12.1 Å². The summed E-state index contributed by atoms with van der Waals surface area (Å²) >= 11 is 0. The third-order valence-corrected chi connectivity index (χ3v) is 5.39. The molecule has 6 heteroatoms. The van der Waals surface area contributed by atoms with Crippen LogP contribution >= 0.6 is 0 Å². The zero-order valence-electron chi connectivity index (χ0n) is 17.4. The van der Waals surface area contributed by atoms with E-state index in [1.165, 1.54) is 37.1 Å². The molecule has 0 spiro atoms. The number of nitrogens with one attached hydrogen (secondary N) is 1. The quantitative estimate of drug-likeness (QED) is 0.529. The van der Waals surface area contributed by atoms with Crippen LogP contribution in [0.1, 0.15) is 24.8 Å². The van der Waals surface area contributed by atoms with Crippen molar-refractivity contribution < 1.29 is 9.18 Å². The summed E-state index contributed by atoms with van der Waals surface area (Å²) in [5.41, 5.74) is 3.55. The molecule has 1 aliphatic heterocycles. The SMILES string of the molecule is C=CC(=O)Cc1ccc(F)c(-c2ccnc(Nc3cccc(N4CCCCC4)c3)n2)c1. The number of benzene rings is 2. The van der Waals surface area contributed by atoms with Crippen molar-refractivity contribution in [3.63, 3.8) is 0 Å². The molecule has 0 atom stereocenters. The van der Waals surface area contributed by atoms with Crippen molar-refractivity contribution in [2.45, 2.75) is 25.7 Å². The van der Waals surface area contributed by atoms with Crippen LogP contribution in [-0.4, -0.2) is 28.8 Å². The highest BCUT2D eigenvalue weighted by Gasteiger charge is 2.13. The molecule has 1 N–H and O–H groups in total. The molecular weight excluding hydrogens is 391 g/mol. The Morgan fingerprint density at radius 3 is 2.77 bits per heavy atom. The summed E-state index contributed by atoms with van der Waals surface area (Å²) < 4.78 is 14.5. The van der Waals surface area contributed by atoms with Gasteiger partial charge in [-0.3, -0.25) is 4.79 Å². The van der Waals surface area contributed by atoms with Crippen LogP contribution in [0.25, 0.3) is 11.3 Å². The van der Waals surface area contributed by atoms with Crippen LogP contribution in [0, 0.1) is 5.82 Å². The van der Waals surface area contributed by atoms with Gasteiger partial charge in [0.2, 0.25) is 5.95 Å². The van der Waals surface area contributed by atoms with Gasteiger partial charge < -0.3 is 10.2 Å². The summed E-state index contributed by atoms with van der Waals surface area (Å²) in [5.74, 6) is -0.122. The first-order valence-electron chi connectivity index (χ1n) is 10.5. The predicted molar refractivity (Wildman–Crippen MR) is 122 cm³/mol. The fourth-order valence-electron chi connectivity index (χ4n) is 3.78. The number of hydrogen-bond donors (Lipinski definition) is 1. The van der Waals surface area contributed by atoms with Gasteiger partial charge in [-0.1, -0.05) is 18.7 Å². The van der Waals surface area contributed by atoms with Gasteiger partial charge >= 0.3 is 0 Å². The zero-order chi connectivity index (χ0) is 21.6. The maximum atomic E-state index is 14.5. The second-order valence-electron chi connectivity index (χ2n) is 7.65. The van der Waals surface area contributed by atoms with Gasteiger partial charge in [0, 0.05) is 42.6 Å². The van der Waals surface area contributed by atoms with Crippen LogP contribution in [0.4, 0.5) is 21.7 Å². The van der Waals surface area contributed by atoms with Gasteiger partial charge in [-0.2, -0.15) is 0 Å². The van der Waals surface area contributed by atoms with E-state index >= 15 is 0 Å². The number of nitrogens with zero attached hydrogens (tertiary/aromatic N) is 3. The third kappa shape index (κ3) is 5.15. The van der Waals surface area contributed by atoms with Crippen molar-refractivity contribution in [1.29, 1.82) is 0 Å². The van der Waals surface area contributed by atoms with E-state index in [0.29, 0.717) is 22.8 Å². The highest BCUT2D eigenvalue weighted by molar-refractivity contribution is 5.91. The van der Waals surface area contributed by atoms with Crippen molar-refractivity contribution in [3.05, 3.63) is 78.8 Å². The average Bonchev–Trinajstić information content (AvgIpc) is 2.81. The Labute approximate surface area is 181 Å². The Morgan fingerprint density at radius 1 is 1.13 bits per heavy atom.